The number of alkyl halides is 2. The van der Waals surface area contributed by atoms with Crippen LogP contribution in [0.25, 0.3) is 11.3 Å². The van der Waals surface area contributed by atoms with Gasteiger partial charge in [0.1, 0.15) is 4.33 Å². The van der Waals surface area contributed by atoms with E-state index in [0.29, 0.717) is 22.1 Å². The molecule has 3 rings (SSSR count). The number of Topliss-reactive ketones (excluding diaryl/α,β-unsaturated/α-hetero) is 1. The van der Waals surface area contributed by atoms with E-state index in [-0.39, 0.29) is 11.7 Å². The minimum atomic E-state index is -1.04. The highest BCUT2D eigenvalue weighted by molar-refractivity contribution is 7.18. The van der Waals surface area contributed by atoms with Gasteiger partial charge in [-0.2, -0.15) is 0 Å². The summed E-state index contributed by atoms with van der Waals surface area (Å²) in [6.45, 7) is 3.19. The lowest BCUT2D eigenvalue weighted by Crippen LogP contribution is -2.25. The summed E-state index contributed by atoms with van der Waals surface area (Å²) in [5.74, 6) is -0.380. The van der Waals surface area contributed by atoms with E-state index in [1.54, 1.807) is 6.92 Å². The minimum absolute atomic E-state index is 0.0940. The van der Waals surface area contributed by atoms with Crippen molar-refractivity contribution >= 4 is 51.4 Å². The highest BCUT2D eigenvalue weighted by atomic mass is 35.5. The number of amides is 1. The summed E-state index contributed by atoms with van der Waals surface area (Å²) in [5, 5.41) is 3.10. The maximum Gasteiger partial charge on any atom is 0.235 e. The van der Waals surface area contributed by atoms with Crippen LogP contribution in [0.4, 0.5) is 5.13 Å². The molecule has 1 aliphatic carbocycles. The van der Waals surface area contributed by atoms with Gasteiger partial charge in [0.15, 0.2) is 10.9 Å². The number of halogens is 2. The van der Waals surface area contributed by atoms with Gasteiger partial charge in [-0.05, 0) is 13.3 Å². The molecule has 0 aliphatic heterocycles. The molecule has 4 nitrogen and oxygen atoms in total. The summed E-state index contributed by atoms with van der Waals surface area (Å²) in [7, 11) is 0. The van der Waals surface area contributed by atoms with Gasteiger partial charge in [-0.1, -0.05) is 41.7 Å². The second kappa shape index (κ2) is 5.58. The lowest BCUT2D eigenvalue weighted by molar-refractivity contribution is -0.120. The van der Waals surface area contributed by atoms with Crippen LogP contribution in [0.15, 0.2) is 30.3 Å². The first-order valence-corrected chi connectivity index (χ1v) is 8.58. The van der Waals surface area contributed by atoms with Gasteiger partial charge in [-0.3, -0.25) is 9.59 Å². The summed E-state index contributed by atoms with van der Waals surface area (Å²) >= 11 is 13.2. The second-order valence-electron chi connectivity index (χ2n) is 5.79. The zero-order chi connectivity index (χ0) is 16.8. The third-order valence-corrected chi connectivity index (χ3v) is 6.15. The molecule has 1 heterocycles. The van der Waals surface area contributed by atoms with E-state index >= 15 is 0 Å². The SMILES string of the molecule is CC(=O)c1sc(NC(=O)C2(C)CC2(Cl)Cl)nc1-c1ccccc1. The highest BCUT2D eigenvalue weighted by Crippen LogP contribution is 2.64. The fourth-order valence-corrected chi connectivity index (χ4v) is 3.87. The Morgan fingerprint density at radius 2 is 1.87 bits per heavy atom. The lowest BCUT2D eigenvalue weighted by Gasteiger charge is -2.10. The predicted octanol–water partition coefficient (Wildman–Crippen LogP) is 4.54. The van der Waals surface area contributed by atoms with E-state index in [4.69, 9.17) is 23.2 Å². The van der Waals surface area contributed by atoms with E-state index in [1.165, 1.54) is 6.92 Å². The molecule has 23 heavy (non-hydrogen) atoms. The monoisotopic (exact) mass is 368 g/mol. The number of thiazole rings is 1. The minimum Gasteiger partial charge on any atom is -0.301 e. The fraction of sp³-hybridized carbons (Fsp3) is 0.312. The topological polar surface area (TPSA) is 59.1 Å². The molecule has 7 heteroatoms. The molecule has 1 aromatic carbocycles. The molecule has 2 aromatic rings. The van der Waals surface area contributed by atoms with Gasteiger partial charge in [-0.15, -0.1) is 23.2 Å². The molecule has 1 amide bonds. The van der Waals surface area contributed by atoms with Crippen molar-refractivity contribution in [1.82, 2.24) is 4.98 Å². The summed E-state index contributed by atoms with van der Waals surface area (Å²) in [6.07, 6.45) is 0.394. The Balaban J connectivity index is 1.90. The van der Waals surface area contributed by atoms with E-state index in [2.05, 4.69) is 10.3 Å². The number of benzene rings is 1. The molecule has 1 N–H and O–H groups in total. The maximum atomic E-state index is 12.3. The maximum absolute atomic E-state index is 12.3. The molecule has 0 saturated heterocycles. The zero-order valence-electron chi connectivity index (χ0n) is 12.5. The van der Waals surface area contributed by atoms with Crippen LogP contribution in [-0.2, 0) is 4.79 Å². The van der Waals surface area contributed by atoms with Gasteiger partial charge in [0, 0.05) is 12.5 Å². The molecule has 1 atom stereocenters. The lowest BCUT2D eigenvalue weighted by atomic mass is 10.1. The van der Waals surface area contributed by atoms with Crippen LogP contribution in [-0.4, -0.2) is 21.0 Å². The van der Waals surface area contributed by atoms with Gasteiger partial charge >= 0.3 is 0 Å². The predicted molar refractivity (Wildman–Crippen MR) is 93.3 cm³/mol. The Hall–Kier alpha value is -1.43. The Labute approximate surface area is 147 Å². The van der Waals surface area contributed by atoms with Crippen LogP contribution in [0.2, 0.25) is 0 Å². The van der Waals surface area contributed by atoms with E-state index in [0.717, 1.165) is 16.9 Å². The van der Waals surface area contributed by atoms with Crippen LogP contribution < -0.4 is 5.32 Å². The Bertz CT molecular complexity index is 789. The van der Waals surface area contributed by atoms with E-state index in [9.17, 15) is 9.59 Å². The van der Waals surface area contributed by atoms with Crippen molar-refractivity contribution in [1.29, 1.82) is 0 Å². The summed E-state index contributed by atoms with van der Waals surface area (Å²) in [5.41, 5.74) is 0.573. The average molecular weight is 369 g/mol. The van der Waals surface area contributed by atoms with E-state index in [1.807, 2.05) is 30.3 Å². The standard InChI is InChI=1S/C16H14Cl2N2O2S/c1-9(21)12-11(10-6-4-3-5-7-10)19-14(23-12)20-13(22)15(2)8-16(15,17)18/h3-7H,8H2,1-2H3,(H,19,20,22). The Kier molecular flexibility index (Phi) is 3.99. The van der Waals surface area contributed by atoms with Crippen LogP contribution >= 0.6 is 34.5 Å². The number of carbonyl (C=O) groups excluding carboxylic acids is 2. The number of hydrogen-bond donors (Lipinski definition) is 1. The third kappa shape index (κ3) is 2.89. The highest BCUT2D eigenvalue weighted by Gasteiger charge is 2.68. The quantitative estimate of drug-likeness (QED) is 0.636. The van der Waals surface area contributed by atoms with Crippen molar-refractivity contribution in [2.24, 2.45) is 5.41 Å². The first kappa shape index (κ1) is 16.4. The van der Waals surface area contributed by atoms with Crippen molar-refractivity contribution < 1.29 is 9.59 Å². The second-order valence-corrected chi connectivity index (χ2v) is 8.27. The van der Waals surface area contributed by atoms with Crippen molar-refractivity contribution in [3.05, 3.63) is 35.2 Å². The van der Waals surface area contributed by atoms with Gasteiger partial charge in [0.2, 0.25) is 5.91 Å². The van der Waals surface area contributed by atoms with Gasteiger partial charge in [0.25, 0.3) is 0 Å². The Morgan fingerprint density at radius 1 is 1.26 bits per heavy atom. The summed E-state index contributed by atoms with van der Waals surface area (Å²) in [6, 6.07) is 9.38. The molecule has 120 valence electrons. The molecule has 1 saturated carbocycles. The normalized spacial score (nSPS) is 21.7. The van der Waals surface area contributed by atoms with Crippen molar-refractivity contribution in [2.45, 2.75) is 24.6 Å². The molecule has 1 fully saturated rings. The molecule has 1 unspecified atom stereocenters. The van der Waals surface area contributed by atoms with Gasteiger partial charge in [0.05, 0.1) is 16.0 Å². The van der Waals surface area contributed by atoms with Crippen LogP contribution in [0.3, 0.4) is 0 Å². The smallest absolute Gasteiger partial charge is 0.235 e. The third-order valence-electron chi connectivity index (χ3n) is 3.97. The van der Waals surface area contributed by atoms with Gasteiger partial charge < -0.3 is 5.32 Å². The molecule has 0 radical (unpaired) electrons. The van der Waals surface area contributed by atoms with Crippen molar-refractivity contribution in [3.63, 3.8) is 0 Å². The van der Waals surface area contributed by atoms with Crippen molar-refractivity contribution in [2.75, 3.05) is 5.32 Å². The first-order chi connectivity index (χ1) is 10.7. The molecular weight excluding hydrogens is 355 g/mol. The summed E-state index contributed by atoms with van der Waals surface area (Å²) in [4.78, 5) is 29.1. The van der Waals surface area contributed by atoms with E-state index < -0.39 is 9.75 Å². The molecule has 1 aromatic heterocycles. The number of carbonyl (C=O) groups is 2. The number of rotatable bonds is 4. The number of nitrogens with one attached hydrogen (secondary N) is 1. The molecule has 1 aliphatic rings. The Morgan fingerprint density at radius 3 is 2.39 bits per heavy atom. The number of anilines is 1. The first-order valence-electron chi connectivity index (χ1n) is 7.01. The average Bonchev–Trinajstić information content (AvgIpc) is 2.85. The molecule has 0 spiro atoms. The number of aromatic nitrogens is 1. The zero-order valence-corrected chi connectivity index (χ0v) is 14.9. The number of hydrogen-bond acceptors (Lipinski definition) is 4. The van der Waals surface area contributed by atoms with Crippen molar-refractivity contribution in [3.8, 4) is 11.3 Å². The van der Waals surface area contributed by atoms with Crippen LogP contribution in [0.5, 0.6) is 0 Å². The largest absolute Gasteiger partial charge is 0.301 e. The summed E-state index contributed by atoms with van der Waals surface area (Å²) < 4.78 is -1.04. The molecule has 0 bridgehead atoms. The number of ketones is 1. The van der Waals surface area contributed by atoms with Crippen LogP contribution in [0.1, 0.15) is 29.9 Å². The fourth-order valence-electron chi connectivity index (χ4n) is 2.29. The number of nitrogens with zero attached hydrogens (tertiary/aromatic N) is 1. The van der Waals surface area contributed by atoms with Gasteiger partial charge in [-0.25, -0.2) is 4.98 Å². The van der Waals surface area contributed by atoms with Crippen LogP contribution in [0, 0.1) is 5.41 Å². The molecular formula is C16H14Cl2N2O2S.